The van der Waals surface area contributed by atoms with E-state index in [2.05, 4.69) is 21.0 Å². The van der Waals surface area contributed by atoms with Crippen molar-refractivity contribution in [1.29, 1.82) is 0 Å². The summed E-state index contributed by atoms with van der Waals surface area (Å²) in [6, 6.07) is 4.70. The predicted octanol–water partition coefficient (Wildman–Crippen LogP) is 3.85. The van der Waals surface area contributed by atoms with Crippen molar-refractivity contribution < 1.29 is 9.18 Å². The van der Waals surface area contributed by atoms with Gasteiger partial charge in [0.05, 0.1) is 5.56 Å². The lowest BCUT2D eigenvalue weighted by Gasteiger charge is -2.04. The number of aromatic nitrogens is 2. The van der Waals surface area contributed by atoms with E-state index in [1.54, 1.807) is 23.0 Å². The van der Waals surface area contributed by atoms with Crippen LogP contribution in [0.4, 0.5) is 4.39 Å². The highest BCUT2D eigenvalue weighted by Crippen LogP contribution is 2.27. The molecule has 0 radical (unpaired) electrons. The third-order valence-electron chi connectivity index (χ3n) is 2.60. The van der Waals surface area contributed by atoms with Crippen LogP contribution in [0.2, 0.25) is 0 Å². The fourth-order valence-electron chi connectivity index (χ4n) is 1.64. The second kappa shape index (κ2) is 5.02. The van der Waals surface area contributed by atoms with Crippen LogP contribution in [0.15, 0.2) is 28.9 Å². The molecule has 0 atom stereocenters. The molecule has 0 bridgehead atoms. The third kappa shape index (κ3) is 2.36. The van der Waals surface area contributed by atoms with Crippen LogP contribution in [-0.4, -0.2) is 16.1 Å². The highest BCUT2D eigenvalue weighted by atomic mass is 79.9. The van der Waals surface area contributed by atoms with Crippen LogP contribution in [0.5, 0.6) is 0 Å². The quantitative estimate of drug-likeness (QED) is 0.807. The molecule has 1 aromatic heterocycles. The maximum absolute atomic E-state index is 13.8. The Morgan fingerprint density at radius 1 is 1.44 bits per heavy atom. The van der Waals surface area contributed by atoms with Gasteiger partial charge in [-0.25, -0.2) is 4.39 Å². The van der Waals surface area contributed by atoms with Crippen molar-refractivity contribution in [3.63, 3.8) is 0 Å². The minimum Gasteiger partial charge on any atom is -0.298 e. The molecule has 0 saturated heterocycles. The average Bonchev–Trinajstić information content (AvgIpc) is 2.76. The highest BCUT2D eigenvalue weighted by Gasteiger charge is 2.15. The van der Waals surface area contributed by atoms with Crippen LogP contribution in [0, 0.1) is 5.82 Å². The number of carbonyl (C=O) groups excluding carboxylic acids is 1. The van der Waals surface area contributed by atoms with Crippen LogP contribution in [0.25, 0.3) is 11.3 Å². The molecule has 0 saturated carbocycles. The first kappa shape index (κ1) is 13.0. The zero-order chi connectivity index (χ0) is 13.3. The minimum atomic E-state index is -0.393. The Bertz CT molecular complexity index is 593. The molecule has 18 heavy (non-hydrogen) atoms. The van der Waals surface area contributed by atoms with E-state index in [0.717, 1.165) is 4.47 Å². The number of halogens is 2. The summed E-state index contributed by atoms with van der Waals surface area (Å²) >= 11 is 3.29. The van der Waals surface area contributed by atoms with Gasteiger partial charge >= 0.3 is 0 Å². The van der Waals surface area contributed by atoms with Crippen LogP contribution < -0.4 is 0 Å². The Hall–Kier alpha value is -1.49. The van der Waals surface area contributed by atoms with E-state index < -0.39 is 5.82 Å². The largest absolute Gasteiger partial charge is 0.298 e. The Balaban J connectivity index is 2.62. The van der Waals surface area contributed by atoms with Crippen LogP contribution in [0.3, 0.4) is 0 Å². The van der Waals surface area contributed by atoms with Crippen molar-refractivity contribution >= 4 is 22.2 Å². The molecule has 0 unspecified atom stereocenters. The average molecular weight is 311 g/mol. The first-order valence-corrected chi connectivity index (χ1v) is 6.32. The molecule has 0 aliphatic rings. The molecule has 2 rings (SSSR count). The SMILES string of the molecule is CC(C)n1cc(C=O)c(-c2cc(Br)ccc2F)n1. The van der Waals surface area contributed by atoms with E-state index in [1.807, 2.05) is 13.8 Å². The maximum atomic E-state index is 13.8. The molecular weight excluding hydrogens is 299 g/mol. The van der Waals surface area contributed by atoms with Crippen molar-refractivity contribution in [3.05, 3.63) is 40.2 Å². The topological polar surface area (TPSA) is 34.9 Å². The van der Waals surface area contributed by atoms with Gasteiger partial charge in [-0.15, -0.1) is 0 Å². The number of hydrogen-bond donors (Lipinski definition) is 0. The first-order chi connectivity index (χ1) is 8.52. The van der Waals surface area contributed by atoms with Gasteiger partial charge in [-0.2, -0.15) is 5.10 Å². The minimum absolute atomic E-state index is 0.118. The lowest BCUT2D eigenvalue weighted by atomic mass is 10.1. The third-order valence-corrected chi connectivity index (χ3v) is 3.09. The Morgan fingerprint density at radius 2 is 2.17 bits per heavy atom. The van der Waals surface area contributed by atoms with E-state index >= 15 is 0 Å². The Labute approximate surface area is 113 Å². The summed E-state index contributed by atoms with van der Waals surface area (Å²) in [4.78, 5) is 11.0. The van der Waals surface area contributed by atoms with Crippen LogP contribution >= 0.6 is 15.9 Å². The molecule has 0 aliphatic heterocycles. The summed E-state index contributed by atoms with van der Waals surface area (Å²) in [5.74, 6) is -0.393. The molecule has 0 amide bonds. The molecule has 5 heteroatoms. The Kier molecular flexibility index (Phi) is 3.61. The van der Waals surface area contributed by atoms with Gasteiger partial charge in [0, 0.05) is 22.3 Å². The number of benzene rings is 1. The van der Waals surface area contributed by atoms with Crippen LogP contribution in [0.1, 0.15) is 30.2 Å². The lowest BCUT2D eigenvalue weighted by Crippen LogP contribution is -2.01. The van der Waals surface area contributed by atoms with Gasteiger partial charge < -0.3 is 0 Å². The second-order valence-electron chi connectivity index (χ2n) is 4.25. The molecule has 0 spiro atoms. The number of hydrogen-bond acceptors (Lipinski definition) is 2. The highest BCUT2D eigenvalue weighted by molar-refractivity contribution is 9.10. The molecule has 3 nitrogen and oxygen atoms in total. The molecule has 0 aliphatic carbocycles. The second-order valence-corrected chi connectivity index (χ2v) is 5.16. The van der Waals surface area contributed by atoms with Crippen molar-refractivity contribution in [2.24, 2.45) is 0 Å². The van der Waals surface area contributed by atoms with Gasteiger partial charge in [0.1, 0.15) is 11.5 Å². The zero-order valence-corrected chi connectivity index (χ0v) is 11.6. The van der Waals surface area contributed by atoms with Gasteiger partial charge in [-0.05, 0) is 32.0 Å². The summed E-state index contributed by atoms with van der Waals surface area (Å²) in [6.07, 6.45) is 2.33. The first-order valence-electron chi connectivity index (χ1n) is 5.52. The molecule has 1 heterocycles. The van der Waals surface area contributed by atoms with Crippen molar-refractivity contribution in [3.8, 4) is 11.3 Å². The van der Waals surface area contributed by atoms with E-state index in [-0.39, 0.29) is 6.04 Å². The normalized spacial score (nSPS) is 10.9. The molecule has 94 valence electrons. The summed E-state index contributed by atoms with van der Waals surface area (Å²) < 4.78 is 16.2. The fraction of sp³-hybridized carbons (Fsp3) is 0.231. The van der Waals surface area contributed by atoms with E-state index in [4.69, 9.17) is 0 Å². The smallest absolute Gasteiger partial charge is 0.153 e. The van der Waals surface area contributed by atoms with E-state index in [0.29, 0.717) is 23.1 Å². The zero-order valence-electron chi connectivity index (χ0n) is 10.0. The van der Waals surface area contributed by atoms with Gasteiger partial charge in [-0.1, -0.05) is 15.9 Å². The number of aldehydes is 1. The summed E-state index contributed by atoms with van der Waals surface area (Å²) in [7, 11) is 0. The molecule has 0 fully saturated rings. The van der Waals surface area contributed by atoms with Crippen molar-refractivity contribution in [1.82, 2.24) is 9.78 Å². The predicted molar refractivity (Wildman–Crippen MR) is 71.1 cm³/mol. The van der Waals surface area contributed by atoms with Crippen molar-refractivity contribution in [2.75, 3.05) is 0 Å². The van der Waals surface area contributed by atoms with E-state index in [9.17, 15) is 9.18 Å². The molecule has 2 aromatic rings. The monoisotopic (exact) mass is 310 g/mol. The maximum Gasteiger partial charge on any atom is 0.153 e. The molecule has 0 N–H and O–H groups in total. The summed E-state index contributed by atoms with van der Waals surface area (Å²) in [5, 5.41) is 4.28. The molecule has 1 aromatic carbocycles. The van der Waals surface area contributed by atoms with Crippen LogP contribution in [-0.2, 0) is 0 Å². The summed E-state index contributed by atoms with van der Waals surface area (Å²) in [5.41, 5.74) is 1.09. The van der Waals surface area contributed by atoms with Gasteiger partial charge in [0.25, 0.3) is 0 Å². The number of nitrogens with zero attached hydrogens (tertiary/aromatic N) is 2. The van der Waals surface area contributed by atoms with Gasteiger partial charge in [-0.3, -0.25) is 9.48 Å². The van der Waals surface area contributed by atoms with E-state index in [1.165, 1.54) is 6.07 Å². The van der Waals surface area contributed by atoms with Gasteiger partial charge in [0.2, 0.25) is 0 Å². The standard InChI is InChI=1S/C13H12BrFN2O/c1-8(2)17-6-9(7-18)13(16-17)11-5-10(14)3-4-12(11)15/h3-8H,1-2H3. The lowest BCUT2D eigenvalue weighted by molar-refractivity contribution is 0.112. The van der Waals surface area contributed by atoms with Crippen molar-refractivity contribution in [2.45, 2.75) is 19.9 Å². The fourth-order valence-corrected chi connectivity index (χ4v) is 2.01. The number of rotatable bonds is 3. The molecular formula is C13H12BrFN2O. The van der Waals surface area contributed by atoms with Gasteiger partial charge in [0.15, 0.2) is 6.29 Å². The Morgan fingerprint density at radius 3 is 2.78 bits per heavy atom. The summed E-state index contributed by atoms with van der Waals surface area (Å²) in [6.45, 7) is 3.89. The number of carbonyl (C=O) groups is 1.